The van der Waals surface area contributed by atoms with Gasteiger partial charge in [0.05, 0.1) is 5.69 Å². The Hall–Kier alpha value is -3.41. The van der Waals surface area contributed by atoms with E-state index in [1.54, 1.807) is 6.92 Å². The monoisotopic (exact) mass is 403 g/mol. The highest BCUT2D eigenvalue weighted by Gasteiger charge is 2.27. The lowest BCUT2D eigenvalue weighted by Crippen LogP contribution is -2.34. The third-order valence-electron chi connectivity index (χ3n) is 5.68. The van der Waals surface area contributed by atoms with Gasteiger partial charge in [-0.15, -0.1) is 0 Å². The first-order chi connectivity index (χ1) is 14.6. The molecule has 30 heavy (non-hydrogen) atoms. The zero-order valence-electron chi connectivity index (χ0n) is 16.9. The SMILES string of the molecule is Cc1nocc1C(=O)NC1CCC(CNC(=O)c2ccc(-c3ccccc3)cc2)C1. The number of aromatic nitrogens is 1. The summed E-state index contributed by atoms with van der Waals surface area (Å²) < 4.78 is 4.83. The summed E-state index contributed by atoms with van der Waals surface area (Å²) in [5.74, 6) is 0.135. The van der Waals surface area contributed by atoms with Crippen molar-refractivity contribution in [2.24, 2.45) is 5.92 Å². The van der Waals surface area contributed by atoms with E-state index in [-0.39, 0.29) is 17.9 Å². The smallest absolute Gasteiger partial charge is 0.256 e. The van der Waals surface area contributed by atoms with Crippen LogP contribution in [-0.2, 0) is 0 Å². The Balaban J connectivity index is 1.25. The van der Waals surface area contributed by atoms with E-state index in [0.717, 1.165) is 30.4 Å². The summed E-state index contributed by atoms with van der Waals surface area (Å²) in [5, 5.41) is 9.82. The number of hydrogen-bond acceptors (Lipinski definition) is 4. The van der Waals surface area contributed by atoms with Crippen molar-refractivity contribution in [2.45, 2.75) is 32.2 Å². The van der Waals surface area contributed by atoms with Crippen molar-refractivity contribution in [3.63, 3.8) is 0 Å². The first-order valence-corrected chi connectivity index (χ1v) is 10.3. The van der Waals surface area contributed by atoms with Crippen LogP contribution in [0, 0.1) is 12.8 Å². The second kappa shape index (κ2) is 8.95. The number of hydrogen-bond donors (Lipinski definition) is 2. The molecule has 1 aromatic heterocycles. The van der Waals surface area contributed by atoms with E-state index in [9.17, 15) is 9.59 Å². The molecule has 1 aliphatic carbocycles. The molecule has 4 rings (SSSR count). The fraction of sp³-hybridized carbons (Fsp3) is 0.292. The van der Waals surface area contributed by atoms with Crippen LogP contribution in [-0.4, -0.2) is 29.6 Å². The van der Waals surface area contributed by atoms with Crippen molar-refractivity contribution in [3.8, 4) is 11.1 Å². The molecule has 2 unspecified atom stereocenters. The molecule has 154 valence electrons. The Morgan fingerprint density at radius 1 is 1.00 bits per heavy atom. The molecule has 1 fully saturated rings. The number of amides is 2. The number of nitrogens with one attached hydrogen (secondary N) is 2. The highest BCUT2D eigenvalue weighted by Crippen LogP contribution is 2.25. The van der Waals surface area contributed by atoms with Gasteiger partial charge in [0.15, 0.2) is 0 Å². The number of nitrogens with zero attached hydrogens (tertiary/aromatic N) is 1. The van der Waals surface area contributed by atoms with Gasteiger partial charge >= 0.3 is 0 Å². The topological polar surface area (TPSA) is 84.2 Å². The third kappa shape index (κ3) is 4.59. The molecule has 2 amide bonds. The van der Waals surface area contributed by atoms with Gasteiger partial charge in [-0.25, -0.2) is 0 Å². The second-order valence-corrected chi connectivity index (χ2v) is 7.82. The van der Waals surface area contributed by atoms with Gasteiger partial charge in [0.1, 0.15) is 11.8 Å². The van der Waals surface area contributed by atoms with E-state index >= 15 is 0 Å². The molecule has 2 atom stereocenters. The molecule has 6 nitrogen and oxygen atoms in total. The molecule has 0 aliphatic heterocycles. The van der Waals surface area contributed by atoms with Gasteiger partial charge in [0.2, 0.25) is 0 Å². The third-order valence-corrected chi connectivity index (χ3v) is 5.68. The van der Waals surface area contributed by atoms with Gasteiger partial charge in [0, 0.05) is 18.2 Å². The van der Waals surface area contributed by atoms with Crippen LogP contribution in [0.5, 0.6) is 0 Å². The van der Waals surface area contributed by atoms with Gasteiger partial charge < -0.3 is 15.2 Å². The zero-order chi connectivity index (χ0) is 20.9. The Morgan fingerprint density at radius 2 is 1.73 bits per heavy atom. The van der Waals surface area contributed by atoms with E-state index < -0.39 is 0 Å². The van der Waals surface area contributed by atoms with Gasteiger partial charge in [-0.3, -0.25) is 9.59 Å². The lowest BCUT2D eigenvalue weighted by Gasteiger charge is -2.14. The summed E-state index contributed by atoms with van der Waals surface area (Å²) in [6.45, 7) is 2.36. The average Bonchev–Trinajstić information content (AvgIpc) is 3.41. The molecule has 1 aliphatic rings. The van der Waals surface area contributed by atoms with Gasteiger partial charge in [-0.1, -0.05) is 47.6 Å². The molecule has 6 heteroatoms. The van der Waals surface area contributed by atoms with Crippen LogP contribution < -0.4 is 10.6 Å². The summed E-state index contributed by atoms with van der Waals surface area (Å²) in [7, 11) is 0. The van der Waals surface area contributed by atoms with Gasteiger partial charge in [-0.05, 0) is 55.4 Å². The molecular formula is C24H25N3O3. The zero-order valence-corrected chi connectivity index (χ0v) is 16.9. The average molecular weight is 403 g/mol. The quantitative estimate of drug-likeness (QED) is 0.652. The molecule has 0 radical (unpaired) electrons. The Kier molecular flexibility index (Phi) is 5.93. The minimum atomic E-state index is -0.151. The summed E-state index contributed by atoms with van der Waals surface area (Å²) >= 11 is 0. The van der Waals surface area contributed by atoms with E-state index in [0.29, 0.717) is 29.3 Å². The minimum Gasteiger partial charge on any atom is -0.364 e. The van der Waals surface area contributed by atoms with Crippen molar-refractivity contribution < 1.29 is 14.1 Å². The van der Waals surface area contributed by atoms with E-state index in [1.165, 1.54) is 6.26 Å². The van der Waals surface area contributed by atoms with Crippen molar-refractivity contribution in [3.05, 3.63) is 77.7 Å². The number of carbonyl (C=O) groups is 2. The van der Waals surface area contributed by atoms with Crippen LogP contribution in [0.25, 0.3) is 11.1 Å². The standard InChI is InChI=1S/C24H25N3O3/c1-16-22(15-30-27-16)24(29)26-21-12-7-17(13-21)14-25-23(28)20-10-8-19(9-11-20)18-5-3-2-4-6-18/h2-6,8-11,15,17,21H,7,12-14H2,1H3,(H,25,28)(H,26,29). The van der Waals surface area contributed by atoms with Crippen LogP contribution in [0.2, 0.25) is 0 Å². The van der Waals surface area contributed by atoms with Crippen LogP contribution in [0.3, 0.4) is 0 Å². The molecule has 0 saturated heterocycles. The van der Waals surface area contributed by atoms with Crippen LogP contribution >= 0.6 is 0 Å². The van der Waals surface area contributed by atoms with E-state index in [2.05, 4.69) is 27.9 Å². The molecule has 1 saturated carbocycles. The van der Waals surface area contributed by atoms with Crippen molar-refractivity contribution in [1.82, 2.24) is 15.8 Å². The molecule has 0 spiro atoms. The number of aryl methyl sites for hydroxylation is 1. The summed E-state index contributed by atoms with van der Waals surface area (Å²) in [6, 6.07) is 17.9. The predicted molar refractivity (Wildman–Crippen MR) is 114 cm³/mol. The van der Waals surface area contributed by atoms with Crippen LogP contribution in [0.4, 0.5) is 0 Å². The lowest BCUT2D eigenvalue weighted by atomic mass is 10.0. The molecule has 3 aromatic rings. The Morgan fingerprint density at radius 3 is 2.43 bits per heavy atom. The number of rotatable bonds is 6. The highest BCUT2D eigenvalue weighted by molar-refractivity contribution is 5.95. The van der Waals surface area contributed by atoms with Gasteiger partial charge in [0.25, 0.3) is 11.8 Å². The van der Waals surface area contributed by atoms with Crippen molar-refractivity contribution in [1.29, 1.82) is 0 Å². The Labute approximate surface area is 175 Å². The maximum atomic E-state index is 12.5. The van der Waals surface area contributed by atoms with Crippen molar-refractivity contribution in [2.75, 3.05) is 6.54 Å². The van der Waals surface area contributed by atoms with E-state index in [4.69, 9.17) is 4.52 Å². The first kappa shape index (κ1) is 19.9. The van der Waals surface area contributed by atoms with Crippen LogP contribution in [0.1, 0.15) is 45.7 Å². The first-order valence-electron chi connectivity index (χ1n) is 10.3. The normalized spacial score (nSPS) is 18.2. The fourth-order valence-corrected chi connectivity index (χ4v) is 3.95. The second-order valence-electron chi connectivity index (χ2n) is 7.82. The molecule has 1 heterocycles. The molecule has 0 bridgehead atoms. The number of benzene rings is 2. The predicted octanol–water partition coefficient (Wildman–Crippen LogP) is 3.98. The highest BCUT2D eigenvalue weighted by atomic mass is 16.5. The van der Waals surface area contributed by atoms with E-state index in [1.807, 2.05) is 42.5 Å². The molecule has 2 N–H and O–H groups in total. The summed E-state index contributed by atoms with van der Waals surface area (Å²) in [5.41, 5.74) is 3.94. The van der Waals surface area contributed by atoms with Crippen molar-refractivity contribution >= 4 is 11.8 Å². The summed E-state index contributed by atoms with van der Waals surface area (Å²) in [4.78, 5) is 24.8. The fourth-order valence-electron chi connectivity index (χ4n) is 3.95. The largest absolute Gasteiger partial charge is 0.364 e. The molecular weight excluding hydrogens is 378 g/mol. The maximum Gasteiger partial charge on any atom is 0.256 e. The lowest BCUT2D eigenvalue weighted by molar-refractivity contribution is 0.0926. The number of carbonyl (C=O) groups excluding carboxylic acids is 2. The summed E-state index contributed by atoms with van der Waals surface area (Å²) in [6.07, 6.45) is 4.10. The van der Waals surface area contributed by atoms with Gasteiger partial charge in [-0.2, -0.15) is 0 Å². The maximum absolute atomic E-state index is 12.5. The Bertz CT molecular complexity index is 1010. The molecule has 2 aromatic carbocycles. The minimum absolute atomic E-state index is 0.0674. The van der Waals surface area contributed by atoms with Crippen LogP contribution in [0.15, 0.2) is 65.4 Å².